The molecule has 2 fully saturated rings. The molecule has 0 aromatic heterocycles. The maximum atomic E-state index is 11.6. The highest BCUT2D eigenvalue weighted by molar-refractivity contribution is 7.97. The minimum absolute atomic E-state index is 0.0894. The van der Waals surface area contributed by atoms with Gasteiger partial charge < -0.3 is 4.74 Å². The van der Waals surface area contributed by atoms with Crippen LogP contribution in [0.3, 0.4) is 0 Å². The summed E-state index contributed by atoms with van der Waals surface area (Å²) in [5.41, 5.74) is 0.936. The Morgan fingerprint density at radius 1 is 1.33 bits per heavy atom. The van der Waals surface area contributed by atoms with Crippen molar-refractivity contribution in [3.8, 4) is 5.75 Å². The fraction of sp³-hybridized carbons (Fsp3) is 0.455. The van der Waals surface area contributed by atoms with E-state index in [0.717, 1.165) is 11.4 Å². The highest BCUT2D eigenvalue weighted by Crippen LogP contribution is 2.40. The fourth-order valence-corrected chi connectivity index (χ4v) is 5.15. The Bertz CT molecular complexity index is 543. The fourth-order valence-electron chi connectivity index (χ4n) is 2.23. The van der Waals surface area contributed by atoms with Crippen molar-refractivity contribution in [2.75, 3.05) is 22.9 Å². The van der Waals surface area contributed by atoms with Crippen molar-refractivity contribution in [1.29, 1.82) is 0 Å². The first-order valence-electron chi connectivity index (χ1n) is 5.56. The number of anilines is 1. The summed E-state index contributed by atoms with van der Waals surface area (Å²) in [6, 6.07) is 7.43. The van der Waals surface area contributed by atoms with Crippen LogP contribution in [0.25, 0.3) is 0 Å². The molecule has 2 atom stereocenters. The average Bonchev–Trinajstić information content (AvgIpc) is 2.84. The summed E-state index contributed by atoms with van der Waals surface area (Å²) in [6.45, 7) is 0. The molecule has 0 N–H and O–H groups in total. The second-order valence-electron chi connectivity index (χ2n) is 4.38. The minimum Gasteiger partial charge on any atom is -0.497 e. The number of fused-ring (bicyclic) bond motifs is 1. The standard InChI is InChI=1S/C11H13NO4S2/c1-15-9-4-2-8(3-5-9)12-10-6-18(13,14)7-11(10)16-17-12/h2-5,10-11H,6-7H2,1H3/t10-,11+/m0/s1. The Balaban J connectivity index is 1.84. The maximum absolute atomic E-state index is 11.6. The minimum atomic E-state index is -2.96. The van der Waals surface area contributed by atoms with Crippen LogP contribution in [0.2, 0.25) is 0 Å². The maximum Gasteiger partial charge on any atom is 0.155 e. The zero-order valence-corrected chi connectivity index (χ0v) is 11.4. The van der Waals surface area contributed by atoms with E-state index in [1.807, 2.05) is 28.6 Å². The molecule has 98 valence electrons. The van der Waals surface area contributed by atoms with Crippen LogP contribution >= 0.6 is 12.2 Å². The summed E-state index contributed by atoms with van der Waals surface area (Å²) in [5.74, 6) is 1.06. The highest BCUT2D eigenvalue weighted by Gasteiger charge is 2.47. The summed E-state index contributed by atoms with van der Waals surface area (Å²) in [6.07, 6.45) is -0.220. The van der Waals surface area contributed by atoms with Crippen LogP contribution in [0.4, 0.5) is 5.69 Å². The van der Waals surface area contributed by atoms with Crippen molar-refractivity contribution >= 4 is 27.8 Å². The average molecular weight is 287 g/mol. The third kappa shape index (κ3) is 2.06. The summed E-state index contributed by atoms with van der Waals surface area (Å²) < 4.78 is 35.7. The molecule has 0 aliphatic carbocycles. The van der Waals surface area contributed by atoms with Gasteiger partial charge in [0.05, 0.1) is 24.7 Å². The molecule has 18 heavy (non-hydrogen) atoms. The topological polar surface area (TPSA) is 55.8 Å². The van der Waals surface area contributed by atoms with Crippen LogP contribution < -0.4 is 9.04 Å². The molecule has 7 heteroatoms. The van der Waals surface area contributed by atoms with Crippen molar-refractivity contribution in [3.05, 3.63) is 24.3 Å². The molecule has 3 rings (SSSR count). The van der Waals surface area contributed by atoms with Gasteiger partial charge in [-0.05, 0) is 24.3 Å². The van der Waals surface area contributed by atoms with Crippen molar-refractivity contribution in [2.45, 2.75) is 12.1 Å². The second kappa shape index (κ2) is 4.32. The van der Waals surface area contributed by atoms with Crippen LogP contribution in [-0.4, -0.2) is 39.2 Å². The zero-order chi connectivity index (χ0) is 12.8. The van der Waals surface area contributed by atoms with E-state index in [1.54, 1.807) is 7.11 Å². The van der Waals surface area contributed by atoms with Crippen molar-refractivity contribution in [1.82, 2.24) is 0 Å². The molecule has 0 saturated carbocycles. The van der Waals surface area contributed by atoms with E-state index < -0.39 is 9.84 Å². The number of rotatable bonds is 2. The van der Waals surface area contributed by atoms with E-state index in [9.17, 15) is 8.42 Å². The number of ether oxygens (including phenoxy) is 1. The number of benzene rings is 1. The third-order valence-corrected chi connectivity index (χ3v) is 5.81. The Morgan fingerprint density at radius 2 is 2.06 bits per heavy atom. The molecule has 2 aliphatic heterocycles. The second-order valence-corrected chi connectivity index (χ2v) is 7.27. The number of hydrogen-bond acceptors (Lipinski definition) is 6. The van der Waals surface area contributed by atoms with Gasteiger partial charge in [0, 0.05) is 5.69 Å². The molecule has 5 nitrogen and oxygen atoms in total. The van der Waals surface area contributed by atoms with Crippen molar-refractivity contribution < 1.29 is 17.3 Å². The van der Waals surface area contributed by atoms with E-state index in [2.05, 4.69) is 0 Å². The van der Waals surface area contributed by atoms with Crippen molar-refractivity contribution in [3.63, 3.8) is 0 Å². The van der Waals surface area contributed by atoms with Gasteiger partial charge in [-0.15, -0.1) is 0 Å². The van der Waals surface area contributed by atoms with Crippen LogP contribution in [0.1, 0.15) is 0 Å². The van der Waals surface area contributed by atoms with E-state index in [-0.39, 0.29) is 23.7 Å². The van der Waals surface area contributed by atoms with Gasteiger partial charge in [-0.3, -0.25) is 8.49 Å². The molecule has 1 aromatic rings. The van der Waals surface area contributed by atoms with Crippen molar-refractivity contribution in [2.24, 2.45) is 0 Å². The zero-order valence-electron chi connectivity index (χ0n) is 9.78. The van der Waals surface area contributed by atoms with E-state index >= 15 is 0 Å². The Labute approximate surface area is 110 Å². The van der Waals surface area contributed by atoms with Gasteiger partial charge in [0.15, 0.2) is 9.84 Å². The van der Waals surface area contributed by atoms with Gasteiger partial charge in [-0.25, -0.2) is 8.42 Å². The first-order chi connectivity index (χ1) is 8.59. The quantitative estimate of drug-likeness (QED) is 0.603. The lowest BCUT2D eigenvalue weighted by molar-refractivity contribution is 0.282. The summed E-state index contributed by atoms with van der Waals surface area (Å²) in [7, 11) is -1.35. The summed E-state index contributed by atoms with van der Waals surface area (Å²) in [5, 5.41) is 0. The first-order valence-corrected chi connectivity index (χ1v) is 8.08. The SMILES string of the molecule is COc1ccc(N2SO[C@@H]3CS(=O)(=O)C[C@@H]32)cc1. The number of sulfone groups is 1. The van der Waals surface area contributed by atoms with Gasteiger partial charge in [0.1, 0.15) is 24.1 Å². The Kier molecular flexibility index (Phi) is 2.91. The predicted molar refractivity (Wildman–Crippen MR) is 70.4 cm³/mol. The number of hydrogen-bond donors (Lipinski definition) is 0. The molecule has 1 aromatic carbocycles. The lowest BCUT2D eigenvalue weighted by atomic mass is 10.2. The molecule has 0 amide bonds. The number of nitrogens with zero attached hydrogens (tertiary/aromatic N) is 1. The smallest absolute Gasteiger partial charge is 0.155 e. The molecule has 2 saturated heterocycles. The Morgan fingerprint density at radius 3 is 2.72 bits per heavy atom. The number of methoxy groups -OCH3 is 1. The largest absolute Gasteiger partial charge is 0.497 e. The molecule has 2 heterocycles. The summed E-state index contributed by atoms with van der Waals surface area (Å²) in [4.78, 5) is 0. The van der Waals surface area contributed by atoms with Gasteiger partial charge in [0.2, 0.25) is 0 Å². The van der Waals surface area contributed by atoms with Gasteiger partial charge >= 0.3 is 0 Å². The van der Waals surface area contributed by atoms with Crippen LogP contribution in [0.15, 0.2) is 24.3 Å². The molecule has 2 aliphatic rings. The van der Waals surface area contributed by atoms with E-state index in [1.165, 1.54) is 12.2 Å². The van der Waals surface area contributed by atoms with E-state index in [0.29, 0.717) is 0 Å². The van der Waals surface area contributed by atoms with Gasteiger partial charge in [0.25, 0.3) is 0 Å². The monoisotopic (exact) mass is 287 g/mol. The molecule has 0 spiro atoms. The summed E-state index contributed by atoms with van der Waals surface area (Å²) >= 11 is 1.23. The van der Waals surface area contributed by atoms with Crippen LogP contribution in [0, 0.1) is 0 Å². The van der Waals surface area contributed by atoms with Crippen LogP contribution in [0.5, 0.6) is 5.75 Å². The molecule has 0 unspecified atom stereocenters. The lowest BCUT2D eigenvalue weighted by Gasteiger charge is -2.20. The normalized spacial score (nSPS) is 29.3. The highest BCUT2D eigenvalue weighted by atomic mass is 32.2. The third-order valence-electron chi connectivity index (χ3n) is 3.15. The lowest BCUT2D eigenvalue weighted by Crippen LogP contribution is -2.32. The first kappa shape index (κ1) is 12.1. The molecule has 0 bridgehead atoms. The van der Waals surface area contributed by atoms with E-state index in [4.69, 9.17) is 8.92 Å². The van der Waals surface area contributed by atoms with Gasteiger partial charge in [-0.1, -0.05) is 0 Å². The van der Waals surface area contributed by atoms with Gasteiger partial charge in [-0.2, -0.15) is 0 Å². The predicted octanol–water partition coefficient (Wildman–Crippen LogP) is 1.26. The Hall–Kier alpha value is -0.920. The van der Waals surface area contributed by atoms with Crippen LogP contribution in [-0.2, 0) is 14.0 Å². The molecule has 0 radical (unpaired) electrons. The molecular formula is C11H13NO4S2. The molecular weight excluding hydrogens is 274 g/mol.